The van der Waals surface area contributed by atoms with Crippen LogP contribution in [0.3, 0.4) is 0 Å². The molecule has 0 bridgehead atoms. The summed E-state index contributed by atoms with van der Waals surface area (Å²) in [5.41, 5.74) is 4.75. The maximum absolute atomic E-state index is 7.39. The lowest BCUT2D eigenvalue weighted by Gasteiger charge is -2.44. The molecule has 0 N–H and O–H groups in total. The Morgan fingerprint density at radius 2 is 1.32 bits per heavy atom. The minimum Gasteiger partial charge on any atom is -0.400 e. The molecule has 200 valence electrons. The standard InChI is InChI=1S/C34H44O2Si2/c1-34(2,3)38(32-23-12-8-13-24-32,33-25-14-9-15-26-33)36-31(22-18-28-37(4,5)6)21-16-17-27-35-29-30-19-10-7-11-20-30/h7-16,19-21,23-26,31H,17,22,27,29H2,1-6H3/b21-16+. The van der Waals surface area contributed by atoms with Gasteiger partial charge in [0.25, 0.3) is 8.32 Å². The van der Waals surface area contributed by atoms with Crippen molar-refractivity contribution in [2.45, 2.75) is 71.0 Å². The van der Waals surface area contributed by atoms with Gasteiger partial charge in [-0.3, -0.25) is 0 Å². The maximum atomic E-state index is 7.39. The number of hydrogen-bond donors (Lipinski definition) is 0. The predicted molar refractivity (Wildman–Crippen MR) is 168 cm³/mol. The highest BCUT2D eigenvalue weighted by atomic mass is 28.4. The van der Waals surface area contributed by atoms with E-state index in [4.69, 9.17) is 9.16 Å². The van der Waals surface area contributed by atoms with Crippen molar-refractivity contribution < 1.29 is 9.16 Å². The lowest BCUT2D eigenvalue weighted by atomic mass is 10.2. The van der Waals surface area contributed by atoms with Crippen LogP contribution in [0.4, 0.5) is 0 Å². The molecule has 3 aromatic carbocycles. The third-order valence-corrected chi connectivity index (χ3v) is 12.4. The molecule has 0 amide bonds. The van der Waals surface area contributed by atoms with Crippen LogP contribution in [0.2, 0.25) is 24.7 Å². The van der Waals surface area contributed by atoms with Crippen LogP contribution >= 0.6 is 0 Å². The Morgan fingerprint density at radius 1 is 0.789 bits per heavy atom. The van der Waals surface area contributed by atoms with Crippen LogP contribution in [-0.4, -0.2) is 29.1 Å². The molecule has 0 aliphatic rings. The van der Waals surface area contributed by atoms with Gasteiger partial charge in [0.15, 0.2) is 0 Å². The van der Waals surface area contributed by atoms with E-state index in [1.165, 1.54) is 15.9 Å². The van der Waals surface area contributed by atoms with Gasteiger partial charge >= 0.3 is 0 Å². The number of rotatable bonds is 11. The minimum absolute atomic E-state index is 0.0766. The van der Waals surface area contributed by atoms with Gasteiger partial charge in [0.05, 0.1) is 19.3 Å². The molecule has 0 spiro atoms. The molecule has 1 atom stereocenters. The summed E-state index contributed by atoms with van der Waals surface area (Å²) in [7, 11) is -4.14. The summed E-state index contributed by atoms with van der Waals surface area (Å²) >= 11 is 0. The van der Waals surface area contributed by atoms with Crippen molar-refractivity contribution in [3.8, 4) is 11.5 Å². The van der Waals surface area contributed by atoms with Gasteiger partial charge in [0.2, 0.25) is 0 Å². The van der Waals surface area contributed by atoms with Gasteiger partial charge in [-0.2, -0.15) is 0 Å². The summed E-state index contributed by atoms with van der Waals surface area (Å²) in [5, 5.41) is 2.51. The first-order valence-electron chi connectivity index (χ1n) is 13.7. The Balaban J connectivity index is 1.88. The van der Waals surface area contributed by atoms with Crippen molar-refractivity contribution in [3.05, 3.63) is 109 Å². The van der Waals surface area contributed by atoms with E-state index in [9.17, 15) is 0 Å². The Hall–Kier alpha value is -2.69. The molecule has 0 saturated carbocycles. The molecule has 0 aromatic heterocycles. The third-order valence-electron chi connectivity index (χ3n) is 6.40. The van der Waals surface area contributed by atoms with Gasteiger partial charge in [0, 0.05) is 6.42 Å². The van der Waals surface area contributed by atoms with Crippen LogP contribution < -0.4 is 10.4 Å². The summed E-state index contributed by atoms with van der Waals surface area (Å²) < 4.78 is 13.3. The zero-order valence-corrected chi connectivity index (χ0v) is 26.0. The molecule has 38 heavy (non-hydrogen) atoms. The van der Waals surface area contributed by atoms with Gasteiger partial charge in [-0.25, -0.2) is 0 Å². The summed E-state index contributed by atoms with van der Waals surface area (Å²) in [4.78, 5) is 0. The Bertz CT molecular complexity index is 1140. The molecule has 4 heteroatoms. The molecule has 0 aliphatic carbocycles. The summed E-state index contributed by atoms with van der Waals surface area (Å²) in [6, 6.07) is 32.0. The first kappa shape index (κ1) is 29.9. The van der Waals surface area contributed by atoms with Crippen LogP contribution in [0.25, 0.3) is 0 Å². The van der Waals surface area contributed by atoms with E-state index in [0.717, 1.165) is 6.42 Å². The van der Waals surface area contributed by atoms with Crippen LogP contribution in [-0.2, 0) is 15.8 Å². The molecule has 0 aliphatic heterocycles. The molecule has 0 radical (unpaired) electrons. The quantitative estimate of drug-likeness (QED) is 0.109. The van der Waals surface area contributed by atoms with Crippen molar-refractivity contribution >= 4 is 26.8 Å². The van der Waals surface area contributed by atoms with Gasteiger partial charge in [-0.15, -0.1) is 11.5 Å². The monoisotopic (exact) mass is 540 g/mol. The van der Waals surface area contributed by atoms with Gasteiger partial charge < -0.3 is 9.16 Å². The van der Waals surface area contributed by atoms with E-state index in [0.29, 0.717) is 19.6 Å². The maximum Gasteiger partial charge on any atom is 0.261 e. The zero-order chi connectivity index (χ0) is 27.5. The lowest BCUT2D eigenvalue weighted by Crippen LogP contribution is -2.67. The second-order valence-corrected chi connectivity index (χ2v) is 20.8. The molecule has 3 aromatic rings. The topological polar surface area (TPSA) is 18.5 Å². The highest BCUT2D eigenvalue weighted by molar-refractivity contribution is 6.99. The lowest BCUT2D eigenvalue weighted by molar-refractivity contribution is 0.125. The summed E-state index contributed by atoms with van der Waals surface area (Å²) in [6.07, 6.45) is 5.87. The summed E-state index contributed by atoms with van der Waals surface area (Å²) in [5.74, 6) is 3.50. The normalized spacial score (nSPS) is 13.2. The molecule has 0 heterocycles. The average molecular weight is 541 g/mol. The molecule has 0 saturated heterocycles. The Kier molecular flexibility index (Phi) is 10.9. The highest BCUT2D eigenvalue weighted by Gasteiger charge is 2.51. The molecular formula is C34H44O2Si2. The van der Waals surface area contributed by atoms with E-state index in [1.54, 1.807) is 0 Å². The van der Waals surface area contributed by atoms with Crippen LogP contribution in [0.5, 0.6) is 0 Å². The first-order chi connectivity index (χ1) is 18.1. The van der Waals surface area contributed by atoms with E-state index < -0.39 is 16.4 Å². The van der Waals surface area contributed by atoms with Crippen LogP contribution in [0.15, 0.2) is 103 Å². The smallest absolute Gasteiger partial charge is 0.261 e. The first-order valence-corrected chi connectivity index (χ1v) is 19.1. The number of benzene rings is 3. The average Bonchev–Trinajstić information content (AvgIpc) is 2.89. The minimum atomic E-state index is -2.67. The fraction of sp³-hybridized carbons (Fsp3) is 0.353. The van der Waals surface area contributed by atoms with E-state index in [2.05, 4.69) is 137 Å². The van der Waals surface area contributed by atoms with Gasteiger partial charge in [-0.05, 0) is 27.4 Å². The Morgan fingerprint density at radius 3 is 1.82 bits per heavy atom. The van der Waals surface area contributed by atoms with Crippen molar-refractivity contribution in [3.63, 3.8) is 0 Å². The van der Waals surface area contributed by atoms with Crippen molar-refractivity contribution in [1.29, 1.82) is 0 Å². The van der Waals surface area contributed by atoms with Gasteiger partial charge in [-0.1, -0.05) is 144 Å². The largest absolute Gasteiger partial charge is 0.400 e. The van der Waals surface area contributed by atoms with Crippen molar-refractivity contribution in [1.82, 2.24) is 0 Å². The van der Waals surface area contributed by atoms with Crippen molar-refractivity contribution in [2.75, 3.05) is 6.61 Å². The molecule has 2 nitrogen and oxygen atoms in total. The number of ether oxygens (including phenoxy) is 1. The van der Waals surface area contributed by atoms with Crippen LogP contribution in [0, 0.1) is 11.5 Å². The fourth-order valence-electron chi connectivity index (χ4n) is 4.65. The molecular weight excluding hydrogens is 497 g/mol. The fourth-order valence-corrected chi connectivity index (χ4v) is 9.91. The molecule has 0 fully saturated rings. The van der Waals surface area contributed by atoms with E-state index in [-0.39, 0.29) is 11.1 Å². The predicted octanol–water partition coefficient (Wildman–Crippen LogP) is 7.37. The second-order valence-electron chi connectivity index (χ2n) is 11.8. The number of hydrogen-bond acceptors (Lipinski definition) is 2. The zero-order valence-electron chi connectivity index (χ0n) is 24.0. The highest BCUT2D eigenvalue weighted by Crippen LogP contribution is 2.38. The van der Waals surface area contributed by atoms with Crippen molar-refractivity contribution in [2.24, 2.45) is 0 Å². The van der Waals surface area contributed by atoms with Crippen LogP contribution in [0.1, 0.15) is 39.2 Å². The third kappa shape index (κ3) is 8.68. The molecule has 3 rings (SSSR count). The van der Waals surface area contributed by atoms with E-state index >= 15 is 0 Å². The second kappa shape index (κ2) is 13.9. The molecule has 1 unspecified atom stereocenters. The van der Waals surface area contributed by atoms with E-state index in [1.807, 2.05) is 18.2 Å². The SMILES string of the molecule is CC(C)(C)[Si](OC(/C=C/CCOCc1ccccc1)CC#C[Si](C)(C)C)(c1ccccc1)c1ccccc1. The Labute approximate surface area is 233 Å². The summed E-state index contributed by atoms with van der Waals surface area (Å²) in [6.45, 7) is 15.2. The van der Waals surface area contributed by atoms with Gasteiger partial charge in [0.1, 0.15) is 8.07 Å².